The molecule has 1 atom stereocenters. The Balaban J connectivity index is 1.99. The highest BCUT2D eigenvalue weighted by Gasteiger charge is 2.09. The van der Waals surface area contributed by atoms with Crippen LogP contribution in [-0.4, -0.2) is 12.8 Å². The summed E-state index contributed by atoms with van der Waals surface area (Å²) in [7, 11) is 2.00. The molecule has 3 heteroatoms. The molecule has 0 aliphatic heterocycles. The number of thioether (sulfide) groups is 1. The molecule has 1 nitrogen and oxygen atoms in total. The molecule has 0 bridgehead atoms. The van der Waals surface area contributed by atoms with E-state index < -0.39 is 0 Å². The fraction of sp³-hybridized carbons (Fsp3) is 0.250. The average molecular weight is 292 g/mol. The summed E-state index contributed by atoms with van der Waals surface area (Å²) >= 11 is 7.79. The van der Waals surface area contributed by atoms with Crippen LogP contribution in [0.25, 0.3) is 0 Å². The minimum atomic E-state index is 0.337. The van der Waals surface area contributed by atoms with E-state index in [0.29, 0.717) is 6.04 Å². The minimum Gasteiger partial charge on any atom is -0.312 e. The molecule has 1 N–H and O–H groups in total. The molecule has 0 aliphatic rings. The molecule has 2 aromatic rings. The van der Waals surface area contributed by atoms with Gasteiger partial charge in [0.2, 0.25) is 0 Å². The fourth-order valence-electron chi connectivity index (χ4n) is 1.86. The molecule has 0 amide bonds. The van der Waals surface area contributed by atoms with Crippen LogP contribution in [0, 0.1) is 6.92 Å². The summed E-state index contributed by atoms with van der Waals surface area (Å²) in [4.78, 5) is 1.31. The van der Waals surface area contributed by atoms with Crippen LogP contribution in [0.2, 0.25) is 5.02 Å². The van der Waals surface area contributed by atoms with E-state index in [1.807, 2.05) is 30.9 Å². The van der Waals surface area contributed by atoms with Crippen LogP contribution in [0.15, 0.2) is 53.4 Å². The van der Waals surface area contributed by atoms with Gasteiger partial charge in [-0.2, -0.15) is 0 Å². The molecule has 0 saturated carbocycles. The first-order valence-corrected chi connectivity index (χ1v) is 7.67. The lowest BCUT2D eigenvalue weighted by Crippen LogP contribution is -2.18. The van der Waals surface area contributed by atoms with E-state index in [-0.39, 0.29) is 0 Å². The molecule has 0 fully saturated rings. The van der Waals surface area contributed by atoms with Crippen molar-refractivity contribution in [3.63, 3.8) is 0 Å². The maximum atomic E-state index is 5.92. The van der Waals surface area contributed by atoms with E-state index >= 15 is 0 Å². The summed E-state index contributed by atoms with van der Waals surface area (Å²) in [6.07, 6.45) is 0. The molecule has 0 radical (unpaired) electrons. The second-order valence-electron chi connectivity index (χ2n) is 4.52. The molecule has 0 heterocycles. The number of nitrogens with one attached hydrogen (secondary N) is 1. The van der Waals surface area contributed by atoms with Crippen molar-refractivity contribution in [2.45, 2.75) is 17.9 Å². The summed E-state index contributed by atoms with van der Waals surface area (Å²) in [6, 6.07) is 17.0. The third-order valence-corrected chi connectivity index (χ3v) is 4.42. The van der Waals surface area contributed by atoms with E-state index in [9.17, 15) is 0 Å². The molecule has 0 spiro atoms. The van der Waals surface area contributed by atoms with E-state index in [1.54, 1.807) is 0 Å². The number of rotatable bonds is 5. The van der Waals surface area contributed by atoms with Gasteiger partial charge in [-0.1, -0.05) is 41.4 Å². The molecule has 0 aromatic heterocycles. The SMILES string of the molecule is CNC(CSc1ccc(C)cc1)c1ccc(Cl)cc1. The monoisotopic (exact) mass is 291 g/mol. The van der Waals surface area contributed by atoms with Crippen molar-refractivity contribution in [1.82, 2.24) is 5.32 Å². The first kappa shape index (κ1) is 14.4. The molecule has 100 valence electrons. The second kappa shape index (κ2) is 6.99. The van der Waals surface area contributed by atoms with Crippen molar-refractivity contribution in [2.24, 2.45) is 0 Å². The minimum absolute atomic E-state index is 0.337. The van der Waals surface area contributed by atoms with Crippen LogP contribution in [-0.2, 0) is 0 Å². The Kier molecular flexibility index (Phi) is 5.32. The molecular formula is C16H18ClNS. The van der Waals surface area contributed by atoms with E-state index in [2.05, 4.69) is 48.6 Å². The summed E-state index contributed by atoms with van der Waals surface area (Å²) < 4.78 is 0. The van der Waals surface area contributed by atoms with Crippen LogP contribution in [0.1, 0.15) is 17.2 Å². The zero-order chi connectivity index (χ0) is 13.7. The van der Waals surface area contributed by atoms with Gasteiger partial charge in [0, 0.05) is 21.7 Å². The van der Waals surface area contributed by atoms with Gasteiger partial charge in [-0.25, -0.2) is 0 Å². The predicted octanol–water partition coefficient (Wildman–Crippen LogP) is 4.70. The van der Waals surface area contributed by atoms with Crippen molar-refractivity contribution in [2.75, 3.05) is 12.8 Å². The van der Waals surface area contributed by atoms with Crippen LogP contribution in [0.4, 0.5) is 0 Å². The summed E-state index contributed by atoms with van der Waals surface area (Å²) in [5, 5.41) is 4.14. The molecule has 0 saturated heterocycles. The summed E-state index contributed by atoms with van der Waals surface area (Å²) in [5.41, 5.74) is 2.57. The van der Waals surface area contributed by atoms with E-state index in [4.69, 9.17) is 11.6 Å². The Morgan fingerprint density at radius 2 is 1.68 bits per heavy atom. The number of benzene rings is 2. The molecular weight excluding hydrogens is 274 g/mol. The normalized spacial score (nSPS) is 12.4. The van der Waals surface area contributed by atoms with Crippen LogP contribution in [0.5, 0.6) is 0 Å². The zero-order valence-electron chi connectivity index (χ0n) is 11.2. The first-order chi connectivity index (χ1) is 9.19. The van der Waals surface area contributed by atoms with Gasteiger partial charge >= 0.3 is 0 Å². The number of hydrogen-bond donors (Lipinski definition) is 1. The molecule has 0 aliphatic carbocycles. The lowest BCUT2D eigenvalue weighted by molar-refractivity contribution is 0.662. The van der Waals surface area contributed by atoms with Gasteiger partial charge in [0.05, 0.1) is 0 Å². The Bertz CT molecular complexity index is 507. The largest absolute Gasteiger partial charge is 0.312 e. The maximum Gasteiger partial charge on any atom is 0.0412 e. The van der Waals surface area contributed by atoms with Crippen LogP contribution in [0.3, 0.4) is 0 Å². The Labute approximate surface area is 124 Å². The van der Waals surface area contributed by atoms with Gasteiger partial charge in [-0.3, -0.25) is 0 Å². The Morgan fingerprint density at radius 3 is 2.26 bits per heavy atom. The number of hydrogen-bond acceptors (Lipinski definition) is 2. The number of halogens is 1. The third-order valence-electron chi connectivity index (χ3n) is 3.06. The number of aryl methyl sites for hydroxylation is 1. The van der Waals surface area contributed by atoms with Crippen molar-refractivity contribution in [1.29, 1.82) is 0 Å². The zero-order valence-corrected chi connectivity index (χ0v) is 12.8. The molecule has 2 aromatic carbocycles. The Hall–Kier alpha value is -0.960. The quantitative estimate of drug-likeness (QED) is 0.801. The molecule has 1 unspecified atom stereocenters. The van der Waals surface area contributed by atoms with Crippen molar-refractivity contribution < 1.29 is 0 Å². The van der Waals surface area contributed by atoms with Crippen molar-refractivity contribution >= 4 is 23.4 Å². The summed E-state index contributed by atoms with van der Waals surface area (Å²) in [6.45, 7) is 2.11. The lowest BCUT2D eigenvalue weighted by Gasteiger charge is -2.16. The van der Waals surface area contributed by atoms with Crippen LogP contribution >= 0.6 is 23.4 Å². The highest BCUT2D eigenvalue weighted by Crippen LogP contribution is 2.25. The van der Waals surface area contributed by atoms with Crippen LogP contribution < -0.4 is 5.32 Å². The van der Waals surface area contributed by atoms with Gasteiger partial charge in [-0.15, -0.1) is 11.8 Å². The third kappa shape index (κ3) is 4.27. The smallest absolute Gasteiger partial charge is 0.0412 e. The van der Waals surface area contributed by atoms with Crippen molar-refractivity contribution in [3.05, 3.63) is 64.7 Å². The van der Waals surface area contributed by atoms with Gasteiger partial charge in [0.1, 0.15) is 0 Å². The highest BCUT2D eigenvalue weighted by atomic mass is 35.5. The molecule has 19 heavy (non-hydrogen) atoms. The average Bonchev–Trinajstić information content (AvgIpc) is 2.43. The summed E-state index contributed by atoms with van der Waals surface area (Å²) in [5.74, 6) is 1.00. The van der Waals surface area contributed by atoms with E-state index in [0.717, 1.165) is 10.8 Å². The van der Waals surface area contributed by atoms with Crippen molar-refractivity contribution in [3.8, 4) is 0 Å². The Morgan fingerprint density at radius 1 is 1.05 bits per heavy atom. The highest BCUT2D eigenvalue weighted by molar-refractivity contribution is 7.99. The second-order valence-corrected chi connectivity index (χ2v) is 6.05. The van der Waals surface area contributed by atoms with Gasteiger partial charge in [0.15, 0.2) is 0 Å². The lowest BCUT2D eigenvalue weighted by atomic mass is 10.1. The van der Waals surface area contributed by atoms with Gasteiger partial charge in [-0.05, 0) is 43.8 Å². The molecule has 2 rings (SSSR count). The maximum absolute atomic E-state index is 5.92. The van der Waals surface area contributed by atoms with E-state index in [1.165, 1.54) is 16.0 Å². The topological polar surface area (TPSA) is 12.0 Å². The van der Waals surface area contributed by atoms with Gasteiger partial charge in [0.25, 0.3) is 0 Å². The fourth-order valence-corrected chi connectivity index (χ4v) is 3.03. The van der Waals surface area contributed by atoms with Gasteiger partial charge < -0.3 is 5.32 Å². The first-order valence-electron chi connectivity index (χ1n) is 6.31. The predicted molar refractivity (Wildman–Crippen MR) is 85.2 cm³/mol. The standard InChI is InChI=1S/C16H18ClNS/c1-12-3-9-15(10-4-12)19-11-16(18-2)13-5-7-14(17)8-6-13/h3-10,16,18H,11H2,1-2H3.